The summed E-state index contributed by atoms with van der Waals surface area (Å²) in [6.07, 6.45) is 4.87. The maximum absolute atomic E-state index is 4.01. The molecule has 0 aliphatic rings. The molecule has 1 aromatic heterocycles. The molecule has 0 amide bonds. The first-order valence-corrected chi connectivity index (χ1v) is 7.21. The van der Waals surface area contributed by atoms with Gasteiger partial charge in [0.2, 0.25) is 0 Å². The number of benzene rings is 1. The zero-order valence-electron chi connectivity index (χ0n) is 10.4. The van der Waals surface area contributed by atoms with Crippen LogP contribution in [0.5, 0.6) is 0 Å². The van der Waals surface area contributed by atoms with Crippen LogP contribution in [0.2, 0.25) is 0 Å². The van der Waals surface area contributed by atoms with Gasteiger partial charge in [-0.3, -0.25) is 4.98 Å². The van der Waals surface area contributed by atoms with Gasteiger partial charge in [0.05, 0.1) is 0 Å². The maximum atomic E-state index is 4.01. The topological polar surface area (TPSA) is 24.9 Å². The summed E-state index contributed by atoms with van der Waals surface area (Å²) in [5.74, 6) is 1.14. The number of thioether (sulfide) groups is 1. The highest BCUT2D eigenvalue weighted by atomic mass is 32.2. The second-order valence-electron chi connectivity index (χ2n) is 4.05. The normalized spacial score (nSPS) is 10.4. The summed E-state index contributed by atoms with van der Waals surface area (Å²) < 4.78 is 0. The van der Waals surface area contributed by atoms with E-state index in [1.54, 1.807) is 0 Å². The van der Waals surface area contributed by atoms with Crippen molar-refractivity contribution in [3.63, 3.8) is 0 Å². The first-order valence-electron chi connectivity index (χ1n) is 6.22. The van der Waals surface area contributed by atoms with Crippen molar-refractivity contribution < 1.29 is 0 Å². The highest BCUT2D eigenvalue weighted by molar-refractivity contribution is 7.99. The molecule has 2 aromatic rings. The van der Waals surface area contributed by atoms with Crippen LogP contribution in [0.3, 0.4) is 0 Å². The minimum atomic E-state index is 0.959. The smallest absolute Gasteiger partial charge is 0.0278 e. The Labute approximate surface area is 113 Å². The Morgan fingerprint density at radius 1 is 1.00 bits per heavy atom. The fourth-order valence-electron chi connectivity index (χ4n) is 1.65. The van der Waals surface area contributed by atoms with Gasteiger partial charge in [-0.05, 0) is 36.4 Å². The summed E-state index contributed by atoms with van der Waals surface area (Å²) in [7, 11) is 0. The van der Waals surface area contributed by atoms with Crippen molar-refractivity contribution in [1.82, 2.24) is 10.3 Å². The van der Waals surface area contributed by atoms with Crippen molar-refractivity contribution in [2.75, 3.05) is 12.3 Å². The highest BCUT2D eigenvalue weighted by Crippen LogP contribution is 2.16. The van der Waals surface area contributed by atoms with E-state index in [2.05, 4.69) is 52.8 Å². The molecule has 0 aliphatic carbocycles. The molecule has 0 bridgehead atoms. The number of nitrogens with zero attached hydrogens (tertiary/aromatic N) is 1. The fraction of sp³-hybridized carbons (Fsp3) is 0.267. The van der Waals surface area contributed by atoms with Crippen LogP contribution in [-0.2, 0) is 6.54 Å². The average Bonchev–Trinajstić information content (AvgIpc) is 2.45. The molecule has 1 heterocycles. The summed E-state index contributed by atoms with van der Waals surface area (Å²) >= 11 is 1.89. The molecule has 1 aromatic carbocycles. The minimum Gasteiger partial charge on any atom is -0.313 e. The lowest BCUT2D eigenvalue weighted by molar-refractivity contribution is 0.679. The van der Waals surface area contributed by atoms with E-state index in [0.717, 1.165) is 18.8 Å². The third kappa shape index (κ3) is 4.90. The van der Waals surface area contributed by atoms with Gasteiger partial charge >= 0.3 is 0 Å². The van der Waals surface area contributed by atoms with Crippen LogP contribution in [0, 0.1) is 0 Å². The molecule has 94 valence electrons. The summed E-state index contributed by atoms with van der Waals surface area (Å²) in [6, 6.07) is 14.6. The van der Waals surface area contributed by atoms with Crippen molar-refractivity contribution in [2.24, 2.45) is 0 Å². The van der Waals surface area contributed by atoms with Crippen LogP contribution in [-0.4, -0.2) is 17.3 Å². The molecule has 0 atom stereocenters. The molecule has 0 unspecified atom stereocenters. The third-order valence-electron chi connectivity index (χ3n) is 2.59. The van der Waals surface area contributed by atoms with Crippen molar-refractivity contribution in [2.45, 2.75) is 17.9 Å². The lowest BCUT2D eigenvalue weighted by atomic mass is 10.2. The number of rotatable bonds is 7. The molecule has 0 aliphatic heterocycles. The Morgan fingerprint density at radius 2 is 1.78 bits per heavy atom. The molecule has 0 fully saturated rings. The van der Waals surface area contributed by atoms with Gasteiger partial charge in [-0.2, -0.15) is 0 Å². The summed E-state index contributed by atoms with van der Waals surface area (Å²) in [5.41, 5.74) is 1.35. The van der Waals surface area contributed by atoms with E-state index in [1.165, 1.54) is 16.9 Å². The SMILES string of the molecule is c1ccc(CNCCCSc2ccncc2)cc1. The zero-order chi connectivity index (χ0) is 12.5. The quantitative estimate of drug-likeness (QED) is 0.609. The van der Waals surface area contributed by atoms with Gasteiger partial charge in [-0.25, -0.2) is 0 Å². The summed E-state index contributed by atoms with van der Waals surface area (Å²) in [5, 5.41) is 3.46. The van der Waals surface area contributed by atoms with Crippen LogP contribution in [0.1, 0.15) is 12.0 Å². The van der Waals surface area contributed by atoms with Gasteiger partial charge in [0.15, 0.2) is 0 Å². The molecular formula is C15H18N2S. The van der Waals surface area contributed by atoms with Gasteiger partial charge in [0.25, 0.3) is 0 Å². The molecule has 0 saturated carbocycles. The van der Waals surface area contributed by atoms with E-state index in [-0.39, 0.29) is 0 Å². The molecular weight excluding hydrogens is 240 g/mol. The highest BCUT2D eigenvalue weighted by Gasteiger charge is 1.94. The van der Waals surface area contributed by atoms with E-state index in [1.807, 2.05) is 24.2 Å². The van der Waals surface area contributed by atoms with Gasteiger partial charge in [-0.15, -0.1) is 11.8 Å². The molecule has 2 rings (SSSR count). The van der Waals surface area contributed by atoms with Crippen molar-refractivity contribution in [3.05, 3.63) is 60.4 Å². The Bertz CT molecular complexity index is 387. The zero-order valence-corrected chi connectivity index (χ0v) is 11.2. The standard InChI is InChI=1S/C15H18N2S/c1-2-5-14(6-3-1)13-17-9-4-12-18-15-7-10-16-11-8-15/h1-3,5-8,10-11,17H,4,9,12-13H2. The predicted octanol–water partition coefficient (Wildman–Crippen LogP) is 3.35. The molecule has 2 nitrogen and oxygen atoms in total. The number of aromatic nitrogens is 1. The van der Waals surface area contributed by atoms with Crippen LogP contribution < -0.4 is 5.32 Å². The van der Waals surface area contributed by atoms with Gasteiger partial charge in [-0.1, -0.05) is 30.3 Å². The van der Waals surface area contributed by atoms with Crippen molar-refractivity contribution in [3.8, 4) is 0 Å². The Balaban J connectivity index is 1.54. The largest absolute Gasteiger partial charge is 0.313 e. The van der Waals surface area contributed by atoms with Gasteiger partial charge in [0, 0.05) is 23.8 Å². The molecule has 3 heteroatoms. The van der Waals surface area contributed by atoms with Gasteiger partial charge < -0.3 is 5.32 Å². The van der Waals surface area contributed by atoms with E-state index < -0.39 is 0 Å². The summed E-state index contributed by atoms with van der Waals surface area (Å²) in [4.78, 5) is 5.31. The Kier molecular flexibility index (Phi) is 5.76. The molecule has 1 N–H and O–H groups in total. The van der Waals surface area contributed by atoms with Crippen LogP contribution in [0.15, 0.2) is 59.8 Å². The van der Waals surface area contributed by atoms with Crippen LogP contribution in [0.4, 0.5) is 0 Å². The van der Waals surface area contributed by atoms with Crippen LogP contribution >= 0.6 is 11.8 Å². The van der Waals surface area contributed by atoms with E-state index in [9.17, 15) is 0 Å². The number of hydrogen-bond acceptors (Lipinski definition) is 3. The van der Waals surface area contributed by atoms with Crippen LogP contribution in [0.25, 0.3) is 0 Å². The Morgan fingerprint density at radius 3 is 2.56 bits per heavy atom. The van der Waals surface area contributed by atoms with E-state index in [0.29, 0.717) is 0 Å². The average molecular weight is 258 g/mol. The fourth-order valence-corrected chi connectivity index (χ4v) is 2.49. The molecule has 18 heavy (non-hydrogen) atoms. The van der Waals surface area contributed by atoms with Gasteiger partial charge in [0.1, 0.15) is 0 Å². The maximum Gasteiger partial charge on any atom is 0.0278 e. The lowest BCUT2D eigenvalue weighted by Crippen LogP contribution is -2.15. The third-order valence-corrected chi connectivity index (χ3v) is 3.69. The van der Waals surface area contributed by atoms with Crippen molar-refractivity contribution in [1.29, 1.82) is 0 Å². The summed E-state index contributed by atoms with van der Waals surface area (Å²) in [6.45, 7) is 2.02. The molecule has 0 spiro atoms. The Hall–Kier alpha value is -1.32. The first kappa shape index (κ1) is 13.1. The number of hydrogen-bond donors (Lipinski definition) is 1. The van der Waals surface area contributed by atoms with E-state index >= 15 is 0 Å². The monoisotopic (exact) mass is 258 g/mol. The van der Waals surface area contributed by atoms with E-state index in [4.69, 9.17) is 0 Å². The van der Waals surface area contributed by atoms with Crippen molar-refractivity contribution >= 4 is 11.8 Å². The molecule has 0 saturated heterocycles. The lowest BCUT2D eigenvalue weighted by Gasteiger charge is -2.04. The first-order chi connectivity index (χ1) is 8.95. The minimum absolute atomic E-state index is 0.959. The second kappa shape index (κ2) is 7.90. The number of pyridine rings is 1. The number of nitrogens with one attached hydrogen (secondary N) is 1. The predicted molar refractivity (Wildman–Crippen MR) is 77.7 cm³/mol. The second-order valence-corrected chi connectivity index (χ2v) is 5.22. The molecule has 0 radical (unpaired) electrons.